The minimum atomic E-state index is -3.67. The van der Waals surface area contributed by atoms with E-state index in [9.17, 15) is 8.42 Å². The van der Waals surface area contributed by atoms with Crippen molar-refractivity contribution in [1.29, 1.82) is 0 Å². The zero-order valence-corrected chi connectivity index (χ0v) is 15.5. The third-order valence-electron chi connectivity index (χ3n) is 4.15. The Labute approximate surface area is 152 Å². The molecule has 1 aromatic heterocycles. The van der Waals surface area contributed by atoms with Crippen molar-refractivity contribution in [1.82, 2.24) is 14.3 Å². The molecule has 1 aromatic carbocycles. The standard InChI is InChI=1S/C17H21N3O5S/c1-23-15-7-6-14(11-16(15)24-2)26(21,22)20-10-3-5-13(12-20)25-17-18-8-4-9-19-17/h4,6-9,11,13H,3,5,10,12H2,1-2H3/t13-/m1/s1. The maximum atomic E-state index is 13.0. The molecule has 0 N–H and O–H groups in total. The molecule has 140 valence electrons. The first-order chi connectivity index (χ1) is 12.5. The maximum Gasteiger partial charge on any atom is 0.316 e. The first kappa shape index (κ1) is 18.4. The summed E-state index contributed by atoms with van der Waals surface area (Å²) >= 11 is 0. The van der Waals surface area contributed by atoms with Crippen molar-refractivity contribution in [3.8, 4) is 17.5 Å². The number of piperidine rings is 1. The fourth-order valence-corrected chi connectivity index (χ4v) is 4.37. The van der Waals surface area contributed by atoms with Gasteiger partial charge in [0.25, 0.3) is 0 Å². The fraction of sp³-hybridized carbons (Fsp3) is 0.412. The smallest absolute Gasteiger partial charge is 0.316 e. The molecule has 1 aliphatic heterocycles. The van der Waals surface area contributed by atoms with Crippen molar-refractivity contribution in [3.63, 3.8) is 0 Å². The Balaban J connectivity index is 1.78. The van der Waals surface area contributed by atoms with Crippen molar-refractivity contribution < 1.29 is 22.6 Å². The second-order valence-corrected chi connectivity index (χ2v) is 7.73. The van der Waals surface area contributed by atoms with Crippen LogP contribution in [-0.2, 0) is 10.0 Å². The summed E-state index contributed by atoms with van der Waals surface area (Å²) in [5.74, 6) is 0.851. The van der Waals surface area contributed by atoms with E-state index < -0.39 is 10.0 Å². The molecule has 0 bridgehead atoms. The van der Waals surface area contributed by atoms with Gasteiger partial charge in [-0.3, -0.25) is 0 Å². The zero-order chi connectivity index (χ0) is 18.6. The van der Waals surface area contributed by atoms with Crippen LogP contribution in [0.15, 0.2) is 41.6 Å². The van der Waals surface area contributed by atoms with E-state index in [-0.39, 0.29) is 23.6 Å². The van der Waals surface area contributed by atoms with Gasteiger partial charge in [0.05, 0.1) is 25.7 Å². The van der Waals surface area contributed by atoms with Crippen molar-refractivity contribution in [3.05, 3.63) is 36.7 Å². The van der Waals surface area contributed by atoms with Crippen LogP contribution in [0.1, 0.15) is 12.8 Å². The number of ether oxygens (including phenoxy) is 3. The summed E-state index contributed by atoms with van der Waals surface area (Å²) in [4.78, 5) is 8.22. The molecule has 1 aliphatic rings. The van der Waals surface area contributed by atoms with E-state index in [4.69, 9.17) is 14.2 Å². The molecule has 2 aromatic rings. The van der Waals surface area contributed by atoms with Crippen LogP contribution >= 0.6 is 0 Å². The third kappa shape index (κ3) is 3.88. The van der Waals surface area contributed by atoms with E-state index in [0.29, 0.717) is 24.5 Å². The number of benzene rings is 1. The Morgan fingerprint density at radius 1 is 1.12 bits per heavy atom. The molecule has 3 rings (SSSR count). The van der Waals surface area contributed by atoms with Crippen molar-refractivity contribution >= 4 is 10.0 Å². The summed E-state index contributed by atoms with van der Waals surface area (Å²) < 4.78 is 43.5. The molecule has 8 nitrogen and oxygen atoms in total. The van der Waals surface area contributed by atoms with Gasteiger partial charge in [0, 0.05) is 25.0 Å². The molecule has 0 saturated carbocycles. The lowest BCUT2D eigenvalue weighted by Gasteiger charge is -2.31. The number of rotatable bonds is 6. The van der Waals surface area contributed by atoms with Crippen LogP contribution in [-0.4, -0.2) is 56.1 Å². The zero-order valence-electron chi connectivity index (χ0n) is 14.7. The van der Waals surface area contributed by atoms with Crippen LogP contribution in [0.5, 0.6) is 17.5 Å². The van der Waals surface area contributed by atoms with Crippen LogP contribution < -0.4 is 14.2 Å². The Hall–Kier alpha value is -2.39. The molecule has 1 saturated heterocycles. The van der Waals surface area contributed by atoms with Gasteiger partial charge >= 0.3 is 6.01 Å². The minimum Gasteiger partial charge on any atom is -0.493 e. The van der Waals surface area contributed by atoms with Crippen LogP contribution in [0.25, 0.3) is 0 Å². The summed E-state index contributed by atoms with van der Waals surface area (Å²) in [5.41, 5.74) is 0. The summed E-state index contributed by atoms with van der Waals surface area (Å²) in [5, 5.41) is 0. The summed E-state index contributed by atoms with van der Waals surface area (Å²) in [6.07, 6.45) is 4.33. The van der Waals surface area contributed by atoms with Crippen LogP contribution in [0.3, 0.4) is 0 Å². The number of hydrogen-bond acceptors (Lipinski definition) is 7. The largest absolute Gasteiger partial charge is 0.493 e. The van der Waals surface area contributed by atoms with Gasteiger partial charge in [0.1, 0.15) is 6.10 Å². The second-order valence-electron chi connectivity index (χ2n) is 5.79. The second kappa shape index (κ2) is 7.88. The molecule has 9 heteroatoms. The van der Waals surface area contributed by atoms with E-state index in [0.717, 1.165) is 6.42 Å². The number of sulfonamides is 1. The molecule has 0 aliphatic carbocycles. The first-order valence-electron chi connectivity index (χ1n) is 8.20. The lowest BCUT2D eigenvalue weighted by Crippen LogP contribution is -2.44. The number of aromatic nitrogens is 2. The highest BCUT2D eigenvalue weighted by molar-refractivity contribution is 7.89. The molecule has 26 heavy (non-hydrogen) atoms. The van der Waals surface area contributed by atoms with Crippen molar-refractivity contribution in [2.45, 2.75) is 23.8 Å². The van der Waals surface area contributed by atoms with Gasteiger partial charge in [-0.05, 0) is 31.0 Å². The molecule has 0 spiro atoms. The van der Waals surface area contributed by atoms with Gasteiger partial charge < -0.3 is 14.2 Å². The number of methoxy groups -OCH3 is 2. The van der Waals surface area contributed by atoms with Crippen LogP contribution in [0, 0.1) is 0 Å². The molecule has 0 amide bonds. The normalized spacial score (nSPS) is 18.3. The van der Waals surface area contributed by atoms with Gasteiger partial charge in [-0.1, -0.05) is 0 Å². The van der Waals surface area contributed by atoms with Crippen LogP contribution in [0.4, 0.5) is 0 Å². The van der Waals surface area contributed by atoms with E-state index >= 15 is 0 Å². The molecule has 1 fully saturated rings. The minimum absolute atomic E-state index is 0.159. The molecular formula is C17H21N3O5S. The topological polar surface area (TPSA) is 90.9 Å². The predicted molar refractivity (Wildman–Crippen MR) is 94.0 cm³/mol. The Morgan fingerprint density at radius 2 is 1.85 bits per heavy atom. The van der Waals surface area contributed by atoms with Gasteiger partial charge in [-0.2, -0.15) is 4.31 Å². The lowest BCUT2D eigenvalue weighted by molar-refractivity contribution is 0.119. The third-order valence-corrected chi connectivity index (χ3v) is 6.01. The Morgan fingerprint density at radius 3 is 2.54 bits per heavy atom. The molecule has 2 heterocycles. The fourth-order valence-electron chi connectivity index (χ4n) is 2.84. The number of hydrogen-bond donors (Lipinski definition) is 0. The summed E-state index contributed by atoms with van der Waals surface area (Å²) in [7, 11) is -0.693. The SMILES string of the molecule is COc1ccc(S(=O)(=O)N2CCC[C@@H](Oc3ncccn3)C2)cc1OC. The van der Waals surface area contributed by atoms with Gasteiger partial charge in [0.2, 0.25) is 10.0 Å². The van der Waals surface area contributed by atoms with Gasteiger partial charge in [-0.25, -0.2) is 18.4 Å². The highest BCUT2D eigenvalue weighted by Crippen LogP contribution is 2.31. The average molecular weight is 379 g/mol. The molecule has 0 radical (unpaired) electrons. The Bertz CT molecular complexity index is 845. The quantitative estimate of drug-likeness (QED) is 0.755. The molecule has 1 atom stereocenters. The first-order valence-corrected chi connectivity index (χ1v) is 9.64. The van der Waals surface area contributed by atoms with Gasteiger partial charge in [-0.15, -0.1) is 0 Å². The van der Waals surface area contributed by atoms with E-state index in [1.54, 1.807) is 24.5 Å². The highest BCUT2D eigenvalue weighted by atomic mass is 32.2. The lowest BCUT2D eigenvalue weighted by atomic mass is 10.1. The van der Waals surface area contributed by atoms with E-state index in [2.05, 4.69) is 9.97 Å². The van der Waals surface area contributed by atoms with Crippen LogP contribution in [0.2, 0.25) is 0 Å². The average Bonchev–Trinajstić information content (AvgIpc) is 2.68. The number of nitrogens with zero attached hydrogens (tertiary/aromatic N) is 3. The predicted octanol–water partition coefficient (Wildman–Crippen LogP) is 1.73. The van der Waals surface area contributed by atoms with E-state index in [1.165, 1.54) is 30.7 Å². The summed E-state index contributed by atoms with van der Waals surface area (Å²) in [6, 6.07) is 6.52. The highest BCUT2D eigenvalue weighted by Gasteiger charge is 2.32. The van der Waals surface area contributed by atoms with Crippen molar-refractivity contribution in [2.24, 2.45) is 0 Å². The van der Waals surface area contributed by atoms with Crippen molar-refractivity contribution in [2.75, 3.05) is 27.3 Å². The summed E-state index contributed by atoms with van der Waals surface area (Å²) in [6.45, 7) is 0.682. The van der Waals surface area contributed by atoms with Gasteiger partial charge in [0.15, 0.2) is 11.5 Å². The Kier molecular flexibility index (Phi) is 5.58. The maximum absolute atomic E-state index is 13.0. The van der Waals surface area contributed by atoms with E-state index in [1.807, 2.05) is 0 Å². The monoisotopic (exact) mass is 379 g/mol. The molecule has 0 unspecified atom stereocenters. The molecular weight excluding hydrogens is 358 g/mol.